The van der Waals surface area contributed by atoms with Gasteiger partial charge in [0, 0.05) is 66.2 Å². The van der Waals surface area contributed by atoms with Crippen molar-refractivity contribution in [1.29, 1.82) is 0 Å². The van der Waals surface area contributed by atoms with Crippen LogP contribution < -0.4 is 0 Å². The first kappa shape index (κ1) is 31.8. The van der Waals surface area contributed by atoms with Crippen LogP contribution in [0.1, 0.15) is 0 Å². The molecule has 0 saturated heterocycles. The zero-order valence-electron chi connectivity index (χ0n) is 30.3. The van der Waals surface area contributed by atoms with E-state index < -0.39 is 0 Å². The fourth-order valence-corrected chi connectivity index (χ4v) is 9.49. The lowest BCUT2D eigenvalue weighted by Crippen LogP contribution is -2.01. The van der Waals surface area contributed by atoms with Crippen LogP contribution in [0.25, 0.3) is 115 Å². The molecule has 6 nitrogen and oxygen atoms in total. The minimum Gasteiger partial charge on any atom is -0.455 e. The molecule has 0 N–H and O–H groups in total. The van der Waals surface area contributed by atoms with E-state index in [-0.39, 0.29) is 0 Å². The van der Waals surface area contributed by atoms with Gasteiger partial charge in [0.1, 0.15) is 11.2 Å². The molecule has 0 aliphatic rings. The zero-order chi connectivity index (χ0) is 37.5. The lowest BCUT2D eigenvalue weighted by Gasteiger charge is -2.13. The summed E-state index contributed by atoms with van der Waals surface area (Å²) in [6.45, 7) is 0. The van der Waals surface area contributed by atoms with Crippen LogP contribution in [0.5, 0.6) is 0 Å². The number of furan rings is 1. The molecule has 0 spiro atoms. The predicted molar refractivity (Wildman–Crippen MR) is 234 cm³/mol. The van der Waals surface area contributed by atoms with Crippen molar-refractivity contribution in [3.8, 4) is 51.0 Å². The van der Waals surface area contributed by atoms with E-state index in [0.717, 1.165) is 75.5 Å². The van der Waals surface area contributed by atoms with Gasteiger partial charge in [-0.2, -0.15) is 0 Å². The molecule has 266 valence electrons. The third-order valence-electron chi connectivity index (χ3n) is 11.0. The largest absolute Gasteiger partial charge is 0.455 e. The Kier molecular flexibility index (Phi) is 7.00. The van der Waals surface area contributed by atoms with E-state index in [1.807, 2.05) is 67.0 Å². The molecule has 0 saturated carbocycles. The Hall–Kier alpha value is -7.48. The maximum Gasteiger partial charge on any atom is 0.167 e. The smallest absolute Gasteiger partial charge is 0.167 e. The second-order valence-electron chi connectivity index (χ2n) is 14.2. The molecule has 5 aromatic heterocycles. The third-order valence-corrected chi connectivity index (χ3v) is 12.1. The van der Waals surface area contributed by atoms with E-state index >= 15 is 0 Å². The summed E-state index contributed by atoms with van der Waals surface area (Å²) in [4.78, 5) is 20.2. The van der Waals surface area contributed by atoms with Gasteiger partial charge < -0.3 is 8.98 Å². The normalized spacial score (nSPS) is 11.9. The Bertz CT molecular complexity index is 3530. The molecule has 12 aromatic rings. The number of hydrogen-bond acceptors (Lipinski definition) is 6. The Balaban J connectivity index is 1.15. The third kappa shape index (κ3) is 5.03. The number of nitrogens with zero attached hydrogens (tertiary/aromatic N) is 5. The summed E-state index contributed by atoms with van der Waals surface area (Å²) in [6, 6.07) is 57.1. The van der Waals surface area contributed by atoms with Gasteiger partial charge in [0.2, 0.25) is 0 Å². The molecule has 12 rings (SSSR count). The Labute approximate surface area is 330 Å². The standard InChI is InChI=1S/C50H29N5OS/c1-3-12-30(13-4-1)32-22-23-43-39(26-32)34-16-7-9-20-42(34)55(43)33-27-40-36-24-25-51-29-45(36)57-47(40)41(28-33)50-53-48(31-14-5-2-6-15-31)52-49(54-50)38-19-11-18-37-35-17-8-10-21-44(35)56-46(37)38/h1-29H. The van der Waals surface area contributed by atoms with Crippen LogP contribution in [0, 0.1) is 0 Å². The summed E-state index contributed by atoms with van der Waals surface area (Å²) >= 11 is 1.71. The molecular formula is C50H29N5OS. The highest BCUT2D eigenvalue weighted by atomic mass is 32.1. The van der Waals surface area contributed by atoms with E-state index in [0.29, 0.717) is 17.5 Å². The molecular weight excluding hydrogens is 719 g/mol. The van der Waals surface area contributed by atoms with Crippen molar-refractivity contribution in [2.45, 2.75) is 0 Å². The highest BCUT2D eigenvalue weighted by Gasteiger charge is 2.22. The molecule has 0 bridgehead atoms. The maximum atomic E-state index is 6.52. The SMILES string of the molecule is c1ccc(-c2ccc3c(c2)c2ccccc2n3-c2cc(-c3nc(-c4ccccc4)nc(-c4cccc5c4oc4ccccc45)n3)c3sc4cnccc4c3c2)cc1. The fraction of sp³-hybridized carbons (Fsp3) is 0. The minimum atomic E-state index is 0.551. The molecule has 0 amide bonds. The molecule has 7 heteroatoms. The van der Waals surface area contributed by atoms with Crippen LogP contribution in [-0.2, 0) is 0 Å². The minimum absolute atomic E-state index is 0.551. The summed E-state index contributed by atoms with van der Waals surface area (Å²) in [5.41, 5.74) is 9.87. The average molecular weight is 748 g/mol. The number of hydrogen-bond donors (Lipinski definition) is 0. The number of fused-ring (bicyclic) bond motifs is 9. The van der Waals surface area contributed by atoms with E-state index in [2.05, 4.69) is 119 Å². The molecule has 0 atom stereocenters. The van der Waals surface area contributed by atoms with Gasteiger partial charge in [0.05, 0.1) is 21.3 Å². The van der Waals surface area contributed by atoms with Crippen molar-refractivity contribution in [2.75, 3.05) is 0 Å². The number of para-hydroxylation sites is 3. The Morgan fingerprint density at radius 2 is 1.16 bits per heavy atom. The van der Waals surface area contributed by atoms with Gasteiger partial charge in [-0.3, -0.25) is 4.98 Å². The van der Waals surface area contributed by atoms with E-state index in [1.54, 1.807) is 11.3 Å². The Morgan fingerprint density at radius 1 is 0.456 bits per heavy atom. The molecule has 0 aliphatic carbocycles. The first-order valence-electron chi connectivity index (χ1n) is 18.9. The zero-order valence-corrected chi connectivity index (χ0v) is 31.1. The quantitative estimate of drug-likeness (QED) is 0.175. The first-order chi connectivity index (χ1) is 28.2. The van der Waals surface area contributed by atoms with Gasteiger partial charge in [-0.05, 0) is 59.7 Å². The van der Waals surface area contributed by atoms with Crippen molar-refractivity contribution < 1.29 is 4.42 Å². The second kappa shape index (κ2) is 12.5. The predicted octanol–water partition coefficient (Wildman–Crippen LogP) is 13.3. The van der Waals surface area contributed by atoms with Gasteiger partial charge >= 0.3 is 0 Å². The van der Waals surface area contributed by atoms with Crippen molar-refractivity contribution >= 4 is 75.3 Å². The van der Waals surface area contributed by atoms with Crippen LogP contribution in [-0.4, -0.2) is 24.5 Å². The van der Waals surface area contributed by atoms with Gasteiger partial charge in [-0.15, -0.1) is 11.3 Å². The summed E-state index contributed by atoms with van der Waals surface area (Å²) in [7, 11) is 0. The van der Waals surface area contributed by atoms with Crippen LogP contribution in [0.15, 0.2) is 181 Å². The van der Waals surface area contributed by atoms with Crippen molar-refractivity contribution in [3.05, 3.63) is 176 Å². The van der Waals surface area contributed by atoms with Crippen LogP contribution in [0.3, 0.4) is 0 Å². The maximum absolute atomic E-state index is 6.52. The van der Waals surface area contributed by atoms with Gasteiger partial charge in [-0.25, -0.2) is 15.0 Å². The molecule has 0 fully saturated rings. The molecule has 5 heterocycles. The van der Waals surface area contributed by atoms with E-state index in [9.17, 15) is 0 Å². The molecule has 0 unspecified atom stereocenters. The van der Waals surface area contributed by atoms with Gasteiger partial charge in [-0.1, -0.05) is 115 Å². The van der Waals surface area contributed by atoms with Crippen molar-refractivity contribution in [2.24, 2.45) is 0 Å². The number of aromatic nitrogens is 5. The highest BCUT2D eigenvalue weighted by molar-refractivity contribution is 7.26. The van der Waals surface area contributed by atoms with Crippen LogP contribution >= 0.6 is 11.3 Å². The first-order valence-corrected chi connectivity index (χ1v) is 19.7. The monoisotopic (exact) mass is 747 g/mol. The van der Waals surface area contributed by atoms with Crippen LogP contribution in [0.2, 0.25) is 0 Å². The summed E-state index contributed by atoms with van der Waals surface area (Å²) < 4.78 is 11.1. The highest BCUT2D eigenvalue weighted by Crippen LogP contribution is 2.44. The average Bonchev–Trinajstić information content (AvgIpc) is 3.96. The van der Waals surface area contributed by atoms with Gasteiger partial charge in [0.15, 0.2) is 17.5 Å². The summed E-state index contributed by atoms with van der Waals surface area (Å²) in [5, 5.41) is 6.74. The lowest BCUT2D eigenvalue weighted by atomic mass is 10.0. The topological polar surface area (TPSA) is 69.6 Å². The summed E-state index contributed by atoms with van der Waals surface area (Å²) in [6.07, 6.45) is 3.82. The number of rotatable bonds is 5. The fourth-order valence-electron chi connectivity index (χ4n) is 8.33. The van der Waals surface area contributed by atoms with Crippen molar-refractivity contribution in [3.63, 3.8) is 0 Å². The molecule has 57 heavy (non-hydrogen) atoms. The summed E-state index contributed by atoms with van der Waals surface area (Å²) in [5.74, 6) is 1.73. The van der Waals surface area contributed by atoms with E-state index in [4.69, 9.17) is 19.4 Å². The van der Waals surface area contributed by atoms with Gasteiger partial charge in [0.25, 0.3) is 0 Å². The number of pyridine rings is 1. The van der Waals surface area contributed by atoms with E-state index in [1.165, 1.54) is 21.9 Å². The number of benzene rings is 7. The van der Waals surface area contributed by atoms with Crippen molar-refractivity contribution in [1.82, 2.24) is 24.5 Å². The molecule has 0 aliphatic heterocycles. The van der Waals surface area contributed by atoms with Crippen LogP contribution in [0.4, 0.5) is 0 Å². The number of thiophene rings is 1. The second-order valence-corrected chi connectivity index (χ2v) is 15.3. The Morgan fingerprint density at radius 3 is 2.02 bits per heavy atom. The molecule has 7 aromatic carbocycles. The molecule has 0 radical (unpaired) electrons. The lowest BCUT2D eigenvalue weighted by molar-refractivity contribution is 0.669.